The highest BCUT2D eigenvalue weighted by Crippen LogP contribution is 2.35. The number of esters is 1. The first-order valence-corrected chi connectivity index (χ1v) is 6.37. The van der Waals surface area contributed by atoms with E-state index in [0.717, 1.165) is 12.2 Å². The molecule has 0 bridgehead atoms. The fourth-order valence-corrected chi connectivity index (χ4v) is 1.85. The third kappa shape index (κ3) is 2.87. The van der Waals surface area contributed by atoms with Crippen LogP contribution in [-0.4, -0.2) is 18.7 Å². The lowest BCUT2D eigenvalue weighted by Crippen LogP contribution is -2.12. The van der Waals surface area contributed by atoms with Gasteiger partial charge in [-0.1, -0.05) is 0 Å². The smallest absolute Gasteiger partial charge is 0.312 e. The maximum absolute atomic E-state index is 11.4. The van der Waals surface area contributed by atoms with Gasteiger partial charge in [-0.2, -0.15) is 0 Å². The van der Waals surface area contributed by atoms with Crippen LogP contribution in [0.1, 0.15) is 13.3 Å². The molecule has 0 N–H and O–H groups in total. The Hall–Kier alpha value is -0.780. The lowest BCUT2D eigenvalue weighted by atomic mass is 10.3. The summed E-state index contributed by atoms with van der Waals surface area (Å²) in [5.74, 6) is 0.606. The van der Waals surface area contributed by atoms with E-state index >= 15 is 0 Å². The first kappa shape index (κ1) is 11.7. The zero-order chi connectivity index (χ0) is 11.5. The van der Waals surface area contributed by atoms with Gasteiger partial charge in [-0.05, 0) is 53.8 Å². The van der Waals surface area contributed by atoms with E-state index in [4.69, 9.17) is 9.47 Å². The van der Waals surface area contributed by atoms with Crippen LogP contribution >= 0.6 is 22.6 Å². The van der Waals surface area contributed by atoms with Gasteiger partial charge in [0.25, 0.3) is 0 Å². The molecular formula is C12H13IO3. The SMILES string of the molecule is CCOC(=O)C1CC1Oc1ccc(I)cc1. The molecule has 86 valence electrons. The summed E-state index contributed by atoms with van der Waals surface area (Å²) >= 11 is 2.24. The standard InChI is InChI=1S/C12H13IO3/c1-2-15-12(14)10-7-11(10)16-9-5-3-8(13)4-6-9/h3-6,10-11H,2,7H2,1H3. The van der Waals surface area contributed by atoms with Crippen molar-refractivity contribution >= 4 is 28.6 Å². The van der Waals surface area contributed by atoms with Gasteiger partial charge in [0.05, 0.1) is 12.5 Å². The number of halogens is 1. The van der Waals surface area contributed by atoms with Crippen molar-refractivity contribution in [3.63, 3.8) is 0 Å². The molecule has 0 radical (unpaired) electrons. The number of ether oxygens (including phenoxy) is 2. The molecule has 0 amide bonds. The maximum Gasteiger partial charge on any atom is 0.312 e. The number of hydrogen-bond acceptors (Lipinski definition) is 3. The van der Waals surface area contributed by atoms with Gasteiger partial charge in [-0.3, -0.25) is 4.79 Å². The minimum atomic E-state index is -0.141. The average Bonchev–Trinajstić information content (AvgIpc) is 3.01. The van der Waals surface area contributed by atoms with Gasteiger partial charge >= 0.3 is 5.97 Å². The third-order valence-corrected chi connectivity index (χ3v) is 3.14. The van der Waals surface area contributed by atoms with Crippen LogP contribution in [0.2, 0.25) is 0 Å². The highest BCUT2D eigenvalue weighted by Gasteiger charge is 2.46. The molecule has 4 heteroatoms. The summed E-state index contributed by atoms with van der Waals surface area (Å²) in [6.45, 7) is 2.25. The predicted octanol–water partition coefficient (Wildman–Crippen LogP) is 2.62. The Morgan fingerprint density at radius 3 is 2.75 bits per heavy atom. The van der Waals surface area contributed by atoms with Crippen molar-refractivity contribution in [2.24, 2.45) is 5.92 Å². The Labute approximate surface area is 108 Å². The summed E-state index contributed by atoms with van der Waals surface area (Å²) in [5, 5.41) is 0. The molecule has 2 atom stereocenters. The highest BCUT2D eigenvalue weighted by molar-refractivity contribution is 14.1. The highest BCUT2D eigenvalue weighted by atomic mass is 127. The van der Waals surface area contributed by atoms with Crippen LogP contribution in [0.25, 0.3) is 0 Å². The lowest BCUT2D eigenvalue weighted by molar-refractivity contribution is -0.145. The Balaban J connectivity index is 1.85. The molecule has 1 saturated carbocycles. The molecule has 2 rings (SSSR count). The first-order chi connectivity index (χ1) is 7.70. The monoisotopic (exact) mass is 332 g/mol. The van der Waals surface area contributed by atoms with E-state index in [1.807, 2.05) is 31.2 Å². The molecule has 1 aromatic rings. The van der Waals surface area contributed by atoms with E-state index < -0.39 is 0 Å². The summed E-state index contributed by atoms with van der Waals surface area (Å²) in [6, 6.07) is 7.81. The zero-order valence-corrected chi connectivity index (χ0v) is 11.1. The predicted molar refractivity (Wildman–Crippen MR) is 68.3 cm³/mol. The second-order valence-corrected chi connectivity index (χ2v) is 4.95. The van der Waals surface area contributed by atoms with Crippen LogP contribution in [0.15, 0.2) is 24.3 Å². The van der Waals surface area contributed by atoms with Crippen LogP contribution in [0, 0.1) is 9.49 Å². The van der Waals surface area contributed by atoms with Crippen molar-refractivity contribution in [1.29, 1.82) is 0 Å². The molecule has 16 heavy (non-hydrogen) atoms. The van der Waals surface area contributed by atoms with Crippen molar-refractivity contribution in [3.05, 3.63) is 27.8 Å². The second kappa shape index (κ2) is 5.03. The molecule has 0 spiro atoms. The van der Waals surface area contributed by atoms with Crippen LogP contribution in [-0.2, 0) is 9.53 Å². The molecule has 1 aromatic carbocycles. The lowest BCUT2D eigenvalue weighted by Gasteiger charge is -2.05. The van der Waals surface area contributed by atoms with E-state index in [2.05, 4.69) is 22.6 Å². The molecule has 0 saturated heterocycles. The van der Waals surface area contributed by atoms with Crippen molar-refractivity contribution < 1.29 is 14.3 Å². The molecular weight excluding hydrogens is 319 g/mol. The minimum Gasteiger partial charge on any atom is -0.490 e. The van der Waals surface area contributed by atoms with E-state index in [9.17, 15) is 4.79 Å². The van der Waals surface area contributed by atoms with Crippen LogP contribution in [0.4, 0.5) is 0 Å². The van der Waals surface area contributed by atoms with Crippen molar-refractivity contribution in [1.82, 2.24) is 0 Å². The molecule has 1 aliphatic rings. The summed E-state index contributed by atoms with van der Waals surface area (Å²) in [6.07, 6.45) is 0.768. The second-order valence-electron chi connectivity index (χ2n) is 3.70. The summed E-state index contributed by atoms with van der Waals surface area (Å²) < 4.78 is 11.8. The average molecular weight is 332 g/mol. The fourth-order valence-electron chi connectivity index (χ4n) is 1.49. The third-order valence-electron chi connectivity index (χ3n) is 2.42. The summed E-state index contributed by atoms with van der Waals surface area (Å²) in [4.78, 5) is 11.4. The molecule has 0 aliphatic heterocycles. The normalized spacial score (nSPS) is 22.6. The van der Waals surface area contributed by atoms with Gasteiger partial charge < -0.3 is 9.47 Å². The van der Waals surface area contributed by atoms with Crippen LogP contribution < -0.4 is 4.74 Å². The first-order valence-electron chi connectivity index (χ1n) is 5.29. The molecule has 0 aromatic heterocycles. The number of hydrogen-bond donors (Lipinski definition) is 0. The Kier molecular flexibility index (Phi) is 3.68. The van der Waals surface area contributed by atoms with Gasteiger partial charge in [-0.25, -0.2) is 0 Å². The van der Waals surface area contributed by atoms with Gasteiger partial charge in [0.15, 0.2) is 0 Å². The number of carbonyl (C=O) groups excluding carboxylic acids is 1. The van der Waals surface area contributed by atoms with Crippen LogP contribution in [0.5, 0.6) is 5.75 Å². The van der Waals surface area contributed by atoms with E-state index in [1.165, 1.54) is 3.57 Å². The van der Waals surface area contributed by atoms with E-state index in [0.29, 0.717) is 6.61 Å². The van der Waals surface area contributed by atoms with Crippen LogP contribution in [0.3, 0.4) is 0 Å². The molecule has 1 aliphatic carbocycles. The molecule has 2 unspecified atom stereocenters. The van der Waals surface area contributed by atoms with Gasteiger partial charge in [0.1, 0.15) is 11.9 Å². The zero-order valence-electron chi connectivity index (χ0n) is 8.98. The van der Waals surface area contributed by atoms with E-state index in [1.54, 1.807) is 0 Å². The fraction of sp³-hybridized carbons (Fsp3) is 0.417. The molecule has 3 nitrogen and oxygen atoms in total. The summed E-state index contributed by atoms with van der Waals surface area (Å²) in [5.41, 5.74) is 0. The van der Waals surface area contributed by atoms with Crippen molar-refractivity contribution in [2.75, 3.05) is 6.61 Å². The van der Waals surface area contributed by atoms with Gasteiger partial charge in [0.2, 0.25) is 0 Å². The maximum atomic E-state index is 11.4. The van der Waals surface area contributed by atoms with Crippen molar-refractivity contribution in [3.8, 4) is 5.75 Å². The Bertz CT molecular complexity index is 374. The van der Waals surface area contributed by atoms with Crippen molar-refractivity contribution in [2.45, 2.75) is 19.4 Å². The molecule has 1 fully saturated rings. The number of carbonyl (C=O) groups is 1. The molecule has 0 heterocycles. The Morgan fingerprint density at radius 1 is 1.44 bits per heavy atom. The summed E-state index contributed by atoms with van der Waals surface area (Å²) in [7, 11) is 0. The Morgan fingerprint density at radius 2 is 2.12 bits per heavy atom. The van der Waals surface area contributed by atoms with E-state index in [-0.39, 0.29) is 18.0 Å². The topological polar surface area (TPSA) is 35.5 Å². The quantitative estimate of drug-likeness (QED) is 0.628. The minimum absolute atomic E-state index is 0.000823. The largest absolute Gasteiger partial charge is 0.490 e. The van der Waals surface area contributed by atoms with Gasteiger partial charge in [-0.15, -0.1) is 0 Å². The number of rotatable bonds is 4. The van der Waals surface area contributed by atoms with Gasteiger partial charge in [0, 0.05) is 9.99 Å². The number of benzene rings is 1.